The van der Waals surface area contributed by atoms with Crippen LogP contribution in [0.3, 0.4) is 0 Å². The first-order valence-electron chi connectivity index (χ1n) is 9.44. The molecule has 0 radical (unpaired) electrons. The van der Waals surface area contributed by atoms with Gasteiger partial charge in [-0.3, -0.25) is 9.79 Å². The van der Waals surface area contributed by atoms with E-state index >= 15 is 0 Å². The fourth-order valence-corrected chi connectivity index (χ4v) is 3.24. The van der Waals surface area contributed by atoms with E-state index in [2.05, 4.69) is 43.5 Å². The minimum atomic E-state index is -0.0904. The van der Waals surface area contributed by atoms with Crippen molar-refractivity contribution in [1.29, 1.82) is 0 Å². The number of nitrogens with one attached hydrogen (secondary N) is 2. The number of halogens is 2. The van der Waals surface area contributed by atoms with Gasteiger partial charge in [0.15, 0.2) is 5.96 Å². The Bertz CT molecular complexity index is 633. The van der Waals surface area contributed by atoms with Crippen molar-refractivity contribution in [2.24, 2.45) is 4.99 Å². The second kappa shape index (κ2) is 11.1. The number of guanidine groups is 1. The molecule has 1 aromatic carbocycles. The average Bonchev–Trinajstić information content (AvgIpc) is 3.08. The number of amides is 1. The molecular weight excluding hydrogens is 475 g/mol. The maximum atomic E-state index is 11.9. The van der Waals surface area contributed by atoms with Gasteiger partial charge in [0.25, 0.3) is 0 Å². The number of hydrogen-bond donors (Lipinski definition) is 2. The fourth-order valence-electron chi connectivity index (χ4n) is 3.11. The molecule has 7 heteroatoms. The molecule has 0 bridgehead atoms. The topological polar surface area (TPSA) is 56.7 Å². The molecule has 1 aromatic rings. The first-order valence-corrected chi connectivity index (χ1v) is 9.82. The first-order chi connectivity index (χ1) is 12.4. The largest absolute Gasteiger partial charge is 0.357 e. The Hall–Kier alpha value is -1.02. The van der Waals surface area contributed by atoms with E-state index in [0.717, 1.165) is 37.0 Å². The summed E-state index contributed by atoms with van der Waals surface area (Å²) in [6, 6.07) is 8.21. The zero-order valence-electron chi connectivity index (χ0n) is 16.7. The van der Waals surface area contributed by atoms with Gasteiger partial charge in [-0.1, -0.05) is 44.5 Å². The summed E-state index contributed by atoms with van der Waals surface area (Å²) in [6.45, 7) is 11.4. The summed E-state index contributed by atoms with van der Waals surface area (Å²) in [5, 5.41) is 7.54. The van der Waals surface area contributed by atoms with Gasteiger partial charge in [0, 0.05) is 42.5 Å². The quantitative estimate of drug-likeness (QED) is 0.351. The molecule has 1 aliphatic heterocycles. The number of likely N-dealkylation sites (tertiary alicyclic amines) is 1. The monoisotopic (exact) mass is 506 g/mol. The van der Waals surface area contributed by atoms with E-state index in [9.17, 15) is 4.79 Å². The standard InChI is InChI=1S/C20H31ClN4O.HI/c1-5-18(26)25-12-11-17(13-25)24-19(22-6-2)23-14-20(3,4)15-7-9-16(21)10-8-15;/h7-10,17H,5-6,11-14H2,1-4H3,(H2,22,23,24);1H. The van der Waals surface area contributed by atoms with Crippen molar-refractivity contribution < 1.29 is 4.79 Å². The van der Waals surface area contributed by atoms with Gasteiger partial charge in [-0.25, -0.2) is 0 Å². The summed E-state index contributed by atoms with van der Waals surface area (Å²) in [5.74, 6) is 1.03. The van der Waals surface area contributed by atoms with Gasteiger partial charge in [0.05, 0.1) is 6.54 Å². The number of nitrogens with zero attached hydrogens (tertiary/aromatic N) is 2. The summed E-state index contributed by atoms with van der Waals surface area (Å²) in [7, 11) is 0. The highest BCUT2D eigenvalue weighted by Gasteiger charge is 2.26. The maximum absolute atomic E-state index is 11.9. The van der Waals surface area contributed by atoms with Crippen LogP contribution in [0.1, 0.15) is 46.1 Å². The van der Waals surface area contributed by atoms with E-state index in [0.29, 0.717) is 13.0 Å². The lowest BCUT2D eigenvalue weighted by Crippen LogP contribution is -2.45. The lowest BCUT2D eigenvalue weighted by Gasteiger charge is -2.25. The summed E-state index contributed by atoms with van der Waals surface area (Å²) in [5.41, 5.74) is 1.12. The van der Waals surface area contributed by atoms with Crippen LogP contribution in [0.25, 0.3) is 0 Å². The highest BCUT2D eigenvalue weighted by molar-refractivity contribution is 14.0. The number of hydrogen-bond acceptors (Lipinski definition) is 2. The van der Waals surface area contributed by atoms with E-state index < -0.39 is 0 Å². The van der Waals surface area contributed by atoms with Crippen LogP contribution in [-0.4, -0.2) is 49.0 Å². The molecule has 152 valence electrons. The summed E-state index contributed by atoms with van der Waals surface area (Å²) in [6.07, 6.45) is 1.52. The Morgan fingerprint density at radius 3 is 2.56 bits per heavy atom. The molecule has 0 saturated carbocycles. The predicted octanol–water partition coefficient (Wildman–Crippen LogP) is 3.80. The fraction of sp³-hybridized carbons (Fsp3) is 0.600. The molecule has 2 rings (SSSR count). The third-order valence-electron chi connectivity index (χ3n) is 4.79. The molecule has 0 aliphatic carbocycles. The van der Waals surface area contributed by atoms with Gasteiger partial charge in [0.2, 0.25) is 5.91 Å². The van der Waals surface area contributed by atoms with Gasteiger partial charge in [-0.2, -0.15) is 0 Å². The molecule has 0 spiro atoms. The van der Waals surface area contributed by atoms with Crippen LogP contribution in [0.5, 0.6) is 0 Å². The van der Waals surface area contributed by atoms with Crippen LogP contribution < -0.4 is 10.6 Å². The molecular formula is C20H32ClIN4O. The lowest BCUT2D eigenvalue weighted by molar-refractivity contribution is -0.129. The van der Waals surface area contributed by atoms with Gasteiger partial charge in [-0.05, 0) is 31.0 Å². The lowest BCUT2D eigenvalue weighted by atomic mass is 9.85. The van der Waals surface area contributed by atoms with E-state index in [4.69, 9.17) is 16.6 Å². The minimum Gasteiger partial charge on any atom is -0.357 e. The normalized spacial score (nSPS) is 17.4. The van der Waals surface area contributed by atoms with Crippen molar-refractivity contribution in [3.05, 3.63) is 34.9 Å². The van der Waals surface area contributed by atoms with Crippen molar-refractivity contribution >= 4 is 47.4 Å². The third-order valence-corrected chi connectivity index (χ3v) is 5.04. The third kappa shape index (κ3) is 7.14. The first kappa shape index (κ1) is 24.0. The van der Waals surface area contributed by atoms with Crippen molar-refractivity contribution in [1.82, 2.24) is 15.5 Å². The molecule has 1 atom stereocenters. The van der Waals surface area contributed by atoms with Gasteiger partial charge in [0.1, 0.15) is 0 Å². The highest BCUT2D eigenvalue weighted by atomic mass is 127. The van der Waals surface area contributed by atoms with Crippen LogP contribution in [-0.2, 0) is 10.2 Å². The molecule has 1 amide bonds. The molecule has 0 aromatic heterocycles. The Morgan fingerprint density at radius 1 is 1.30 bits per heavy atom. The summed E-state index contributed by atoms with van der Waals surface area (Å²) >= 11 is 5.99. The Morgan fingerprint density at radius 2 is 1.96 bits per heavy atom. The number of carbonyl (C=O) groups excluding carboxylic acids is 1. The van der Waals surface area contributed by atoms with Crippen LogP contribution in [0, 0.1) is 0 Å². The van der Waals surface area contributed by atoms with Crippen molar-refractivity contribution in [2.75, 3.05) is 26.2 Å². The zero-order chi connectivity index (χ0) is 19.2. The Balaban J connectivity index is 0.00000364. The molecule has 1 saturated heterocycles. The summed E-state index contributed by atoms with van der Waals surface area (Å²) in [4.78, 5) is 18.6. The Kier molecular flexibility index (Phi) is 9.87. The summed E-state index contributed by atoms with van der Waals surface area (Å²) < 4.78 is 0. The van der Waals surface area contributed by atoms with E-state index in [1.54, 1.807) is 0 Å². The zero-order valence-corrected chi connectivity index (χ0v) is 19.8. The Labute approximate surface area is 185 Å². The van der Waals surface area contributed by atoms with Crippen LogP contribution in [0.4, 0.5) is 0 Å². The molecule has 1 heterocycles. The van der Waals surface area contributed by atoms with Crippen LogP contribution >= 0.6 is 35.6 Å². The van der Waals surface area contributed by atoms with Gasteiger partial charge >= 0.3 is 0 Å². The SMILES string of the molecule is CCNC(=NCC(C)(C)c1ccc(Cl)cc1)NC1CCN(C(=O)CC)C1.I. The molecule has 1 unspecified atom stereocenters. The van der Waals surface area contributed by atoms with E-state index in [1.165, 1.54) is 5.56 Å². The molecule has 2 N–H and O–H groups in total. The molecule has 1 fully saturated rings. The average molecular weight is 507 g/mol. The van der Waals surface area contributed by atoms with E-state index in [-0.39, 0.29) is 41.3 Å². The second-order valence-corrected chi connectivity index (χ2v) is 7.85. The highest BCUT2D eigenvalue weighted by Crippen LogP contribution is 2.25. The van der Waals surface area contributed by atoms with Crippen molar-refractivity contribution in [3.63, 3.8) is 0 Å². The number of benzene rings is 1. The van der Waals surface area contributed by atoms with Crippen molar-refractivity contribution in [2.45, 2.75) is 52.0 Å². The molecule has 1 aliphatic rings. The van der Waals surface area contributed by atoms with Crippen LogP contribution in [0.15, 0.2) is 29.3 Å². The number of aliphatic imine (C=N–C) groups is 1. The smallest absolute Gasteiger partial charge is 0.222 e. The minimum absolute atomic E-state index is 0. The predicted molar refractivity (Wildman–Crippen MR) is 124 cm³/mol. The van der Waals surface area contributed by atoms with Gasteiger partial charge in [-0.15, -0.1) is 24.0 Å². The molecule has 5 nitrogen and oxygen atoms in total. The van der Waals surface area contributed by atoms with Crippen LogP contribution in [0.2, 0.25) is 5.02 Å². The number of carbonyl (C=O) groups is 1. The maximum Gasteiger partial charge on any atom is 0.222 e. The molecule has 27 heavy (non-hydrogen) atoms. The van der Waals surface area contributed by atoms with Crippen molar-refractivity contribution in [3.8, 4) is 0 Å². The number of rotatable bonds is 6. The van der Waals surface area contributed by atoms with Gasteiger partial charge < -0.3 is 15.5 Å². The second-order valence-electron chi connectivity index (χ2n) is 7.41. The van der Waals surface area contributed by atoms with E-state index in [1.807, 2.05) is 24.0 Å².